The summed E-state index contributed by atoms with van der Waals surface area (Å²) in [5.41, 5.74) is 5.53. The Morgan fingerprint density at radius 3 is 2.16 bits per heavy atom. The summed E-state index contributed by atoms with van der Waals surface area (Å²) in [6.07, 6.45) is 0.0457. The van der Waals surface area contributed by atoms with Crippen molar-refractivity contribution in [1.82, 2.24) is 0 Å². The Kier molecular flexibility index (Phi) is 10.1. The smallest absolute Gasteiger partial charge is 0.464 e. The molecule has 1 unspecified atom stereocenters. The van der Waals surface area contributed by atoms with Crippen LogP contribution in [0.15, 0.2) is 0 Å². The first-order chi connectivity index (χ1) is 9.05. The van der Waals surface area contributed by atoms with Gasteiger partial charge in [-0.15, -0.1) is 0 Å². The second-order valence-electron chi connectivity index (χ2n) is 3.95. The third-order valence-corrected chi connectivity index (χ3v) is 5.53. The van der Waals surface area contributed by atoms with Crippen molar-refractivity contribution in [1.29, 1.82) is 0 Å². The summed E-state index contributed by atoms with van der Waals surface area (Å²) >= 11 is 0. The van der Waals surface area contributed by atoms with Gasteiger partial charge in [0, 0.05) is 19.3 Å². The Hall–Kier alpha value is -0.473. The Morgan fingerprint density at radius 1 is 1.16 bits per heavy atom. The van der Waals surface area contributed by atoms with Gasteiger partial charge < -0.3 is 23.7 Å². The molecular formula is C12H27NO5Si. The van der Waals surface area contributed by atoms with E-state index in [1.165, 1.54) is 0 Å². The first kappa shape index (κ1) is 18.5. The van der Waals surface area contributed by atoms with Crippen LogP contribution in [0.25, 0.3) is 0 Å². The van der Waals surface area contributed by atoms with Crippen molar-refractivity contribution in [2.45, 2.75) is 46.3 Å². The van der Waals surface area contributed by atoms with Gasteiger partial charge in [-0.3, -0.25) is 0 Å². The molecule has 0 aliphatic rings. The van der Waals surface area contributed by atoms with Gasteiger partial charge in [0.1, 0.15) is 6.10 Å². The lowest BCUT2D eigenvalue weighted by Gasteiger charge is -2.30. The van der Waals surface area contributed by atoms with Crippen molar-refractivity contribution in [3.63, 3.8) is 0 Å². The average Bonchev–Trinajstić information content (AvgIpc) is 2.37. The largest absolute Gasteiger partial charge is 0.501 e. The fraction of sp³-hybridized carbons (Fsp3) is 0.917. The Bertz CT molecular complexity index is 246. The van der Waals surface area contributed by atoms with Gasteiger partial charge in [0.05, 0.1) is 6.61 Å². The molecule has 1 atom stereocenters. The van der Waals surface area contributed by atoms with Crippen LogP contribution in [0.3, 0.4) is 0 Å². The molecule has 0 saturated carbocycles. The van der Waals surface area contributed by atoms with Crippen molar-refractivity contribution in [2.75, 3.05) is 26.4 Å². The molecule has 0 aromatic carbocycles. The summed E-state index contributed by atoms with van der Waals surface area (Å²) in [4.78, 5) is 11.6. The minimum atomic E-state index is -2.85. The van der Waals surface area contributed by atoms with Crippen molar-refractivity contribution in [3.8, 4) is 0 Å². The number of carbonyl (C=O) groups is 1. The summed E-state index contributed by atoms with van der Waals surface area (Å²) in [5, 5.41) is 0. The van der Waals surface area contributed by atoms with Crippen molar-refractivity contribution in [3.05, 3.63) is 0 Å². The lowest BCUT2D eigenvalue weighted by Crippen LogP contribution is -2.50. The molecule has 0 rings (SSSR count). The monoisotopic (exact) mass is 293 g/mol. The normalized spacial score (nSPS) is 13.3. The summed E-state index contributed by atoms with van der Waals surface area (Å²) in [6, 6.07) is 0.606. The molecule has 0 heterocycles. The lowest BCUT2D eigenvalue weighted by molar-refractivity contribution is -0.153. The van der Waals surface area contributed by atoms with Gasteiger partial charge in [-0.1, -0.05) is 0 Å². The first-order valence-electron chi connectivity index (χ1n) is 6.87. The number of esters is 1. The van der Waals surface area contributed by atoms with Crippen molar-refractivity contribution in [2.24, 2.45) is 5.73 Å². The Morgan fingerprint density at radius 2 is 1.74 bits per heavy atom. The van der Waals surface area contributed by atoms with Gasteiger partial charge in [-0.05, 0) is 40.7 Å². The van der Waals surface area contributed by atoms with Gasteiger partial charge in [0.15, 0.2) is 0 Å². The van der Waals surface area contributed by atoms with E-state index in [-0.39, 0.29) is 0 Å². The van der Waals surface area contributed by atoms with E-state index < -0.39 is 20.9 Å². The molecule has 19 heavy (non-hydrogen) atoms. The van der Waals surface area contributed by atoms with E-state index in [1.54, 1.807) is 13.8 Å². The maximum absolute atomic E-state index is 11.6. The van der Waals surface area contributed by atoms with E-state index in [2.05, 4.69) is 0 Å². The van der Waals surface area contributed by atoms with Crippen LogP contribution in [0.2, 0.25) is 6.04 Å². The van der Waals surface area contributed by atoms with Crippen LogP contribution in [0.1, 0.15) is 34.1 Å². The molecule has 0 amide bonds. The van der Waals surface area contributed by atoms with Crippen LogP contribution >= 0.6 is 0 Å². The van der Waals surface area contributed by atoms with E-state index in [9.17, 15) is 4.79 Å². The zero-order valence-corrected chi connectivity index (χ0v) is 13.4. The number of rotatable bonds is 11. The summed E-state index contributed by atoms with van der Waals surface area (Å²) in [7, 11) is -2.85. The summed E-state index contributed by atoms with van der Waals surface area (Å²) in [6.45, 7) is 8.98. The molecule has 114 valence electrons. The van der Waals surface area contributed by atoms with Crippen molar-refractivity contribution < 1.29 is 22.8 Å². The van der Waals surface area contributed by atoms with E-state index in [0.717, 1.165) is 6.42 Å². The van der Waals surface area contributed by atoms with Gasteiger partial charge in [-0.25, -0.2) is 4.79 Å². The SMILES string of the molecule is CCOC(=O)C(C)O[Si](CCCN)(OCC)OCC. The lowest BCUT2D eigenvalue weighted by atomic mass is 10.4. The fourth-order valence-corrected chi connectivity index (χ4v) is 4.43. The summed E-state index contributed by atoms with van der Waals surface area (Å²) < 4.78 is 22.1. The maximum atomic E-state index is 11.6. The predicted molar refractivity (Wildman–Crippen MR) is 74.7 cm³/mol. The molecule has 0 radical (unpaired) electrons. The molecule has 0 fully saturated rings. The van der Waals surface area contributed by atoms with Crippen LogP contribution in [0.5, 0.6) is 0 Å². The minimum absolute atomic E-state index is 0.327. The van der Waals surface area contributed by atoms with E-state index in [4.69, 9.17) is 23.7 Å². The number of carbonyl (C=O) groups excluding carboxylic acids is 1. The molecule has 0 aliphatic carbocycles. The highest BCUT2D eigenvalue weighted by molar-refractivity contribution is 6.60. The topological polar surface area (TPSA) is 80.0 Å². The molecule has 0 saturated heterocycles. The second kappa shape index (κ2) is 10.3. The average molecular weight is 293 g/mol. The van der Waals surface area contributed by atoms with Crippen molar-refractivity contribution >= 4 is 14.8 Å². The minimum Gasteiger partial charge on any atom is -0.464 e. The van der Waals surface area contributed by atoms with Crippen LogP contribution in [0, 0.1) is 0 Å². The maximum Gasteiger partial charge on any atom is 0.501 e. The molecule has 0 spiro atoms. The van der Waals surface area contributed by atoms with E-state index >= 15 is 0 Å². The second-order valence-corrected chi connectivity index (χ2v) is 6.63. The van der Waals surface area contributed by atoms with E-state index in [1.807, 2.05) is 13.8 Å². The standard InChI is InChI=1S/C12H27NO5Si/c1-5-15-12(14)11(4)18-19(16-6-2,17-7-3)10-8-9-13/h11H,5-10,13H2,1-4H3. The predicted octanol–water partition coefficient (Wildman–Crippen LogP) is 1.32. The zero-order chi connectivity index (χ0) is 14.7. The van der Waals surface area contributed by atoms with Crippen LogP contribution in [-0.2, 0) is 22.8 Å². The molecule has 7 heteroatoms. The summed E-state index contributed by atoms with van der Waals surface area (Å²) in [5.74, 6) is -0.397. The van der Waals surface area contributed by atoms with E-state index in [0.29, 0.717) is 32.4 Å². The fourth-order valence-electron chi connectivity index (χ4n) is 1.65. The van der Waals surface area contributed by atoms with Crippen LogP contribution in [0.4, 0.5) is 0 Å². The molecule has 0 bridgehead atoms. The van der Waals surface area contributed by atoms with Crippen LogP contribution in [-0.4, -0.2) is 47.2 Å². The number of nitrogens with two attached hydrogens (primary N) is 1. The zero-order valence-electron chi connectivity index (χ0n) is 12.4. The third-order valence-electron chi connectivity index (χ3n) is 2.39. The number of ether oxygens (including phenoxy) is 1. The van der Waals surface area contributed by atoms with Gasteiger partial charge >= 0.3 is 14.8 Å². The highest BCUT2D eigenvalue weighted by atomic mass is 28.4. The highest BCUT2D eigenvalue weighted by Gasteiger charge is 2.43. The molecule has 0 aliphatic heterocycles. The quantitative estimate of drug-likeness (QED) is 0.457. The van der Waals surface area contributed by atoms with Gasteiger partial charge in [-0.2, -0.15) is 0 Å². The third kappa shape index (κ3) is 7.02. The molecular weight excluding hydrogens is 266 g/mol. The Labute approximate surface area is 116 Å². The molecule has 2 N–H and O–H groups in total. The number of hydrogen-bond acceptors (Lipinski definition) is 6. The van der Waals surface area contributed by atoms with Gasteiger partial charge in [0.25, 0.3) is 0 Å². The molecule has 0 aromatic rings. The van der Waals surface area contributed by atoms with Crippen LogP contribution < -0.4 is 5.73 Å². The molecule has 0 aromatic heterocycles. The highest BCUT2D eigenvalue weighted by Crippen LogP contribution is 2.20. The number of hydrogen-bond donors (Lipinski definition) is 1. The first-order valence-corrected chi connectivity index (χ1v) is 8.80. The molecule has 6 nitrogen and oxygen atoms in total. The van der Waals surface area contributed by atoms with Gasteiger partial charge in [0.2, 0.25) is 0 Å². The Balaban J connectivity index is 4.73.